The molecule has 3 aromatic rings. The summed E-state index contributed by atoms with van der Waals surface area (Å²) in [6.07, 6.45) is 0.516. The van der Waals surface area contributed by atoms with Crippen molar-refractivity contribution in [2.24, 2.45) is 5.92 Å². The highest BCUT2D eigenvalue weighted by atomic mass is 32.1. The highest BCUT2D eigenvalue weighted by Crippen LogP contribution is 2.39. The van der Waals surface area contributed by atoms with Crippen LogP contribution < -0.4 is 5.32 Å². The van der Waals surface area contributed by atoms with E-state index in [1.165, 1.54) is 11.3 Å². The molecule has 1 amide bonds. The van der Waals surface area contributed by atoms with E-state index in [1.54, 1.807) is 11.3 Å². The average Bonchev–Trinajstić information content (AvgIpc) is 3.16. The fourth-order valence-corrected chi connectivity index (χ4v) is 4.02. The Bertz CT molecular complexity index is 777. The van der Waals surface area contributed by atoms with E-state index in [4.69, 9.17) is 4.98 Å². The summed E-state index contributed by atoms with van der Waals surface area (Å²) in [5.74, 6) is 0.378. The topological polar surface area (TPSA) is 42.0 Å². The van der Waals surface area contributed by atoms with Gasteiger partial charge < -0.3 is 5.32 Å². The Morgan fingerprint density at radius 1 is 1.17 bits per heavy atom. The Morgan fingerprint density at radius 3 is 2.61 bits per heavy atom. The summed E-state index contributed by atoms with van der Waals surface area (Å²) >= 11 is 3.16. The first-order valence-corrected chi connectivity index (χ1v) is 9.23. The zero-order valence-corrected chi connectivity index (χ0v) is 14.7. The number of nitrogens with zero attached hydrogens (tertiary/aromatic N) is 1. The van der Waals surface area contributed by atoms with Crippen LogP contribution in [-0.2, 0) is 4.79 Å². The molecule has 2 aromatic heterocycles. The van der Waals surface area contributed by atoms with Gasteiger partial charge in [0.15, 0.2) is 0 Å². The normalized spacial score (nSPS) is 10.9. The number of anilines is 1. The smallest absolute Gasteiger partial charge is 0.225 e. The number of aromatic nitrogens is 1. The fourth-order valence-electron chi connectivity index (χ4n) is 2.24. The summed E-state index contributed by atoms with van der Waals surface area (Å²) in [6.45, 7) is 4.09. The maximum absolute atomic E-state index is 12.2. The Balaban J connectivity index is 1.96. The SMILES string of the molecule is CC(C)CC(=O)Nc1sc(-c2ccccc2)nc1-c1cccs1. The molecule has 1 aromatic carbocycles. The molecule has 5 heteroatoms. The van der Waals surface area contributed by atoms with Gasteiger partial charge in [-0.3, -0.25) is 4.79 Å². The number of rotatable bonds is 5. The first kappa shape index (κ1) is 15.9. The van der Waals surface area contributed by atoms with E-state index in [9.17, 15) is 4.79 Å². The number of amides is 1. The van der Waals surface area contributed by atoms with Crippen molar-refractivity contribution >= 4 is 33.6 Å². The van der Waals surface area contributed by atoms with Gasteiger partial charge in [-0.05, 0) is 17.4 Å². The minimum atomic E-state index is 0.0427. The van der Waals surface area contributed by atoms with Gasteiger partial charge in [-0.1, -0.05) is 61.6 Å². The monoisotopic (exact) mass is 342 g/mol. The summed E-state index contributed by atoms with van der Waals surface area (Å²) in [6, 6.07) is 14.1. The van der Waals surface area contributed by atoms with Crippen molar-refractivity contribution in [3.05, 3.63) is 47.8 Å². The minimum Gasteiger partial charge on any atom is -0.316 e. The lowest BCUT2D eigenvalue weighted by Crippen LogP contribution is -2.13. The summed E-state index contributed by atoms with van der Waals surface area (Å²) in [4.78, 5) is 18.0. The molecule has 2 heterocycles. The van der Waals surface area contributed by atoms with Crippen LogP contribution in [0.4, 0.5) is 5.00 Å². The summed E-state index contributed by atoms with van der Waals surface area (Å²) in [7, 11) is 0. The molecule has 0 fully saturated rings. The van der Waals surface area contributed by atoms with Crippen LogP contribution in [0.1, 0.15) is 20.3 Å². The zero-order chi connectivity index (χ0) is 16.2. The lowest BCUT2D eigenvalue weighted by atomic mass is 10.1. The number of carbonyl (C=O) groups excluding carboxylic acids is 1. The van der Waals surface area contributed by atoms with Crippen molar-refractivity contribution in [1.29, 1.82) is 0 Å². The first-order chi connectivity index (χ1) is 11.1. The van der Waals surface area contributed by atoms with Gasteiger partial charge in [-0.2, -0.15) is 0 Å². The van der Waals surface area contributed by atoms with E-state index in [0.29, 0.717) is 12.3 Å². The van der Waals surface area contributed by atoms with E-state index in [2.05, 4.69) is 5.32 Å². The van der Waals surface area contributed by atoms with Gasteiger partial charge in [0.1, 0.15) is 15.7 Å². The molecule has 0 unspecified atom stereocenters. The standard InChI is InChI=1S/C18H18N2OS2/c1-12(2)11-15(21)19-18-16(14-9-6-10-22-14)20-17(23-18)13-7-4-3-5-8-13/h3-10,12H,11H2,1-2H3,(H,19,21). The third kappa shape index (κ3) is 3.86. The molecule has 0 aliphatic rings. The van der Waals surface area contributed by atoms with Crippen LogP contribution in [0, 0.1) is 5.92 Å². The average molecular weight is 342 g/mol. The molecule has 0 aliphatic carbocycles. The Kier molecular flexibility index (Phi) is 4.88. The van der Waals surface area contributed by atoms with Crippen LogP contribution in [0.15, 0.2) is 47.8 Å². The largest absolute Gasteiger partial charge is 0.316 e. The maximum Gasteiger partial charge on any atom is 0.225 e. The second kappa shape index (κ2) is 7.06. The van der Waals surface area contributed by atoms with Crippen LogP contribution in [0.3, 0.4) is 0 Å². The molecular formula is C18H18N2OS2. The minimum absolute atomic E-state index is 0.0427. The van der Waals surface area contributed by atoms with Crippen molar-refractivity contribution in [1.82, 2.24) is 4.98 Å². The second-order valence-corrected chi connectivity index (χ2v) is 7.63. The van der Waals surface area contributed by atoms with Crippen molar-refractivity contribution < 1.29 is 4.79 Å². The summed E-state index contributed by atoms with van der Waals surface area (Å²) in [5, 5.41) is 6.82. The predicted octanol–water partition coefficient (Wildman–Crippen LogP) is 5.52. The molecular weight excluding hydrogens is 324 g/mol. The quantitative estimate of drug-likeness (QED) is 0.663. The second-order valence-electron chi connectivity index (χ2n) is 5.69. The summed E-state index contributed by atoms with van der Waals surface area (Å²) in [5.41, 5.74) is 1.93. The van der Waals surface area contributed by atoms with Crippen LogP contribution in [-0.4, -0.2) is 10.9 Å². The molecule has 0 atom stereocenters. The first-order valence-electron chi connectivity index (χ1n) is 7.53. The Morgan fingerprint density at radius 2 is 1.96 bits per heavy atom. The molecule has 23 heavy (non-hydrogen) atoms. The molecule has 0 radical (unpaired) electrons. The van der Waals surface area contributed by atoms with Crippen molar-refractivity contribution in [3.8, 4) is 21.1 Å². The zero-order valence-electron chi connectivity index (χ0n) is 13.1. The number of thiazole rings is 1. The molecule has 0 bridgehead atoms. The number of thiophene rings is 1. The molecule has 118 valence electrons. The molecule has 0 spiro atoms. The molecule has 0 saturated carbocycles. The van der Waals surface area contributed by atoms with E-state index in [-0.39, 0.29) is 5.91 Å². The number of hydrogen-bond acceptors (Lipinski definition) is 4. The molecule has 3 nitrogen and oxygen atoms in total. The lowest BCUT2D eigenvalue weighted by Gasteiger charge is -2.06. The van der Waals surface area contributed by atoms with Gasteiger partial charge in [0.05, 0.1) is 4.88 Å². The molecule has 3 rings (SSSR count). The van der Waals surface area contributed by atoms with Crippen LogP contribution >= 0.6 is 22.7 Å². The van der Waals surface area contributed by atoms with Crippen molar-refractivity contribution in [2.75, 3.05) is 5.32 Å². The maximum atomic E-state index is 12.2. The summed E-state index contributed by atoms with van der Waals surface area (Å²) < 4.78 is 0. The van der Waals surface area contributed by atoms with Gasteiger partial charge in [0.25, 0.3) is 0 Å². The highest BCUT2D eigenvalue weighted by Gasteiger charge is 2.17. The van der Waals surface area contributed by atoms with Gasteiger partial charge >= 0.3 is 0 Å². The third-order valence-corrected chi connectivity index (χ3v) is 5.15. The van der Waals surface area contributed by atoms with Gasteiger partial charge in [0.2, 0.25) is 5.91 Å². The van der Waals surface area contributed by atoms with Crippen LogP contribution in [0.25, 0.3) is 21.1 Å². The van der Waals surface area contributed by atoms with E-state index in [0.717, 1.165) is 26.1 Å². The van der Waals surface area contributed by atoms with Gasteiger partial charge in [-0.15, -0.1) is 11.3 Å². The Hall–Kier alpha value is -1.98. The Labute approximate surface area is 144 Å². The predicted molar refractivity (Wildman–Crippen MR) is 98.9 cm³/mol. The van der Waals surface area contributed by atoms with E-state index in [1.807, 2.05) is 61.7 Å². The molecule has 0 saturated heterocycles. The number of benzene rings is 1. The molecule has 0 aliphatic heterocycles. The van der Waals surface area contributed by atoms with Gasteiger partial charge in [-0.25, -0.2) is 4.98 Å². The highest BCUT2D eigenvalue weighted by molar-refractivity contribution is 7.20. The van der Waals surface area contributed by atoms with Crippen molar-refractivity contribution in [3.63, 3.8) is 0 Å². The van der Waals surface area contributed by atoms with Crippen LogP contribution in [0.2, 0.25) is 0 Å². The van der Waals surface area contributed by atoms with E-state index >= 15 is 0 Å². The van der Waals surface area contributed by atoms with Gasteiger partial charge in [0, 0.05) is 12.0 Å². The van der Waals surface area contributed by atoms with Crippen LogP contribution in [0.5, 0.6) is 0 Å². The number of hydrogen-bond donors (Lipinski definition) is 1. The van der Waals surface area contributed by atoms with E-state index < -0.39 is 0 Å². The van der Waals surface area contributed by atoms with Crippen molar-refractivity contribution in [2.45, 2.75) is 20.3 Å². The number of carbonyl (C=O) groups is 1. The fraction of sp³-hybridized carbons (Fsp3) is 0.222. The molecule has 1 N–H and O–H groups in total. The third-order valence-electron chi connectivity index (χ3n) is 3.25. The lowest BCUT2D eigenvalue weighted by molar-refractivity contribution is -0.116. The number of nitrogens with one attached hydrogen (secondary N) is 1.